The molecule has 1 aliphatic heterocycles. The third-order valence-electron chi connectivity index (χ3n) is 4.58. The smallest absolute Gasteiger partial charge is 0.191 e. The number of aliphatic imine (C=N–C) groups is 1. The molecule has 0 amide bonds. The van der Waals surface area contributed by atoms with Crippen LogP contribution in [0.25, 0.3) is 0 Å². The highest BCUT2D eigenvalue weighted by Gasteiger charge is 2.20. The van der Waals surface area contributed by atoms with E-state index < -0.39 is 0 Å². The average molecular weight is 350 g/mol. The molecule has 2 rings (SSSR count). The van der Waals surface area contributed by atoms with E-state index in [1.807, 2.05) is 6.92 Å². The van der Waals surface area contributed by atoms with Crippen LogP contribution in [0.15, 0.2) is 29.3 Å². The molecule has 0 saturated carbocycles. The van der Waals surface area contributed by atoms with Gasteiger partial charge in [-0.25, -0.2) is 4.39 Å². The lowest BCUT2D eigenvalue weighted by Gasteiger charge is -2.27. The Labute approximate surface area is 150 Å². The molecule has 2 atom stereocenters. The Kier molecular flexibility index (Phi) is 7.98. The van der Waals surface area contributed by atoms with E-state index in [0.717, 1.165) is 18.9 Å². The molecule has 1 saturated heterocycles. The summed E-state index contributed by atoms with van der Waals surface area (Å²) in [5.74, 6) is 0.690. The van der Waals surface area contributed by atoms with Gasteiger partial charge in [0, 0.05) is 19.6 Å². The quantitative estimate of drug-likeness (QED) is 0.559. The molecule has 0 aromatic heterocycles. The molecule has 6 heteroatoms. The number of para-hydroxylation sites is 1. The zero-order valence-electron chi connectivity index (χ0n) is 15.6. The molecule has 1 aliphatic rings. The van der Waals surface area contributed by atoms with Gasteiger partial charge < -0.3 is 15.4 Å². The van der Waals surface area contributed by atoms with Crippen molar-refractivity contribution in [2.24, 2.45) is 4.99 Å². The summed E-state index contributed by atoms with van der Waals surface area (Å²) >= 11 is 0. The standard InChI is InChI=1S/C19H31FN4O/c1-4-16(24-11-7-8-12-24)14-23-19(21-3)22-13-15(2)25-18-10-6-5-9-17(18)20/h5-6,9-10,15-16H,4,7-8,11-14H2,1-3H3,(H2,21,22,23). The normalized spacial score (nSPS) is 18.0. The van der Waals surface area contributed by atoms with Crippen LogP contribution in [0.3, 0.4) is 0 Å². The second kappa shape index (κ2) is 10.2. The maximum atomic E-state index is 13.6. The molecule has 0 bridgehead atoms. The van der Waals surface area contributed by atoms with Gasteiger partial charge in [0.1, 0.15) is 6.10 Å². The number of nitrogens with zero attached hydrogens (tertiary/aromatic N) is 2. The van der Waals surface area contributed by atoms with E-state index in [2.05, 4.69) is 27.4 Å². The van der Waals surface area contributed by atoms with Crippen molar-refractivity contribution in [3.05, 3.63) is 30.1 Å². The minimum Gasteiger partial charge on any atom is -0.486 e. The van der Waals surface area contributed by atoms with E-state index in [1.54, 1.807) is 25.2 Å². The number of likely N-dealkylation sites (tertiary alicyclic amines) is 1. The van der Waals surface area contributed by atoms with Crippen LogP contribution >= 0.6 is 0 Å². The van der Waals surface area contributed by atoms with Crippen LogP contribution in [0.5, 0.6) is 5.75 Å². The highest BCUT2D eigenvalue weighted by molar-refractivity contribution is 5.79. The first-order chi connectivity index (χ1) is 12.1. The van der Waals surface area contributed by atoms with Gasteiger partial charge in [-0.3, -0.25) is 9.89 Å². The second-order valence-electron chi connectivity index (χ2n) is 6.50. The maximum absolute atomic E-state index is 13.6. The lowest BCUT2D eigenvalue weighted by atomic mass is 10.2. The average Bonchev–Trinajstić information content (AvgIpc) is 3.14. The zero-order valence-corrected chi connectivity index (χ0v) is 15.6. The molecule has 1 fully saturated rings. The Morgan fingerprint density at radius 2 is 1.92 bits per heavy atom. The Hall–Kier alpha value is -1.82. The third-order valence-corrected chi connectivity index (χ3v) is 4.58. The monoisotopic (exact) mass is 350 g/mol. The molecule has 1 aromatic carbocycles. The largest absolute Gasteiger partial charge is 0.486 e. The first-order valence-electron chi connectivity index (χ1n) is 9.23. The Balaban J connectivity index is 1.74. The number of hydrogen-bond acceptors (Lipinski definition) is 3. The molecule has 1 aromatic rings. The van der Waals surface area contributed by atoms with Crippen LogP contribution in [-0.2, 0) is 0 Å². The molecular weight excluding hydrogens is 319 g/mol. The van der Waals surface area contributed by atoms with Crippen molar-refractivity contribution in [1.29, 1.82) is 0 Å². The predicted molar refractivity (Wildman–Crippen MR) is 101 cm³/mol. The number of guanidine groups is 1. The first kappa shape index (κ1) is 19.5. The van der Waals surface area contributed by atoms with Crippen LogP contribution < -0.4 is 15.4 Å². The zero-order chi connectivity index (χ0) is 18.1. The van der Waals surface area contributed by atoms with Crippen LogP contribution in [0.1, 0.15) is 33.1 Å². The number of nitrogens with one attached hydrogen (secondary N) is 2. The number of benzene rings is 1. The van der Waals surface area contributed by atoms with E-state index in [9.17, 15) is 4.39 Å². The van der Waals surface area contributed by atoms with Gasteiger partial charge in [-0.2, -0.15) is 0 Å². The van der Waals surface area contributed by atoms with E-state index in [-0.39, 0.29) is 17.7 Å². The number of rotatable bonds is 8. The van der Waals surface area contributed by atoms with Crippen molar-refractivity contribution in [2.45, 2.75) is 45.3 Å². The summed E-state index contributed by atoms with van der Waals surface area (Å²) in [6.07, 6.45) is 3.55. The van der Waals surface area contributed by atoms with Gasteiger partial charge in [0.25, 0.3) is 0 Å². The van der Waals surface area contributed by atoms with Crippen molar-refractivity contribution < 1.29 is 9.13 Å². The van der Waals surface area contributed by atoms with Crippen molar-refractivity contribution >= 4 is 5.96 Å². The molecular formula is C19H31FN4O. The number of ether oxygens (including phenoxy) is 1. The van der Waals surface area contributed by atoms with Crippen LogP contribution in [0.4, 0.5) is 4.39 Å². The van der Waals surface area contributed by atoms with E-state index in [0.29, 0.717) is 12.6 Å². The Bertz CT molecular complexity index is 546. The summed E-state index contributed by atoms with van der Waals surface area (Å²) in [5, 5.41) is 6.65. The summed E-state index contributed by atoms with van der Waals surface area (Å²) in [4.78, 5) is 6.81. The van der Waals surface area contributed by atoms with E-state index >= 15 is 0 Å². The van der Waals surface area contributed by atoms with Crippen molar-refractivity contribution in [2.75, 3.05) is 33.2 Å². The molecule has 25 heavy (non-hydrogen) atoms. The highest BCUT2D eigenvalue weighted by atomic mass is 19.1. The molecule has 5 nitrogen and oxygen atoms in total. The molecule has 1 heterocycles. The molecule has 140 valence electrons. The van der Waals surface area contributed by atoms with Gasteiger partial charge in [-0.15, -0.1) is 0 Å². The minimum atomic E-state index is -0.340. The Morgan fingerprint density at radius 1 is 1.24 bits per heavy atom. The summed E-state index contributed by atoms with van der Waals surface area (Å²) < 4.78 is 19.3. The van der Waals surface area contributed by atoms with Gasteiger partial charge >= 0.3 is 0 Å². The topological polar surface area (TPSA) is 48.9 Å². The molecule has 2 unspecified atom stereocenters. The summed E-state index contributed by atoms with van der Waals surface area (Å²) in [6.45, 7) is 7.95. The van der Waals surface area contributed by atoms with Gasteiger partial charge in [0.05, 0.1) is 6.54 Å². The van der Waals surface area contributed by atoms with Gasteiger partial charge in [0.15, 0.2) is 17.5 Å². The second-order valence-corrected chi connectivity index (χ2v) is 6.50. The van der Waals surface area contributed by atoms with Gasteiger partial charge in [0.2, 0.25) is 0 Å². The van der Waals surface area contributed by atoms with E-state index in [4.69, 9.17) is 4.74 Å². The fourth-order valence-corrected chi connectivity index (χ4v) is 3.11. The van der Waals surface area contributed by atoms with E-state index in [1.165, 1.54) is 32.0 Å². The van der Waals surface area contributed by atoms with Crippen molar-refractivity contribution in [3.63, 3.8) is 0 Å². The van der Waals surface area contributed by atoms with Crippen LogP contribution in [-0.4, -0.2) is 56.2 Å². The SMILES string of the molecule is CCC(CNC(=NC)NCC(C)Oc1ccccc1F)N1CCCC1. The number of halogens is 1. The van der Waals surface area contributed by atoms with Gasteiger partial charge in [-0.05, 0) is 51.4 Å². The molecule has 2 N–H and O–H groups in total. The fraction of sp³-hybridized carbons (Fsp3) is 0.632. The lowest BCUT2D eigenvalue weighted by Crippen LogP contribution is -2.47. The number of hydrogen-bond donors (Lipinski definition) is 2. The summed E-state index contributed by atoms with van der Waals surface area (Å²) in [7, 11) is 1.76. The van der Waals surface area contributed by atoms with Crippen molar-refractivity contribution in [3.8, 4) is 5.75 Å². The minimum absolute atomic E-state index is 0.170. The molecule has 0 aliphatic carbocycles. The summed E-state index contributed by atoms with van der Waals surface area (Å²) in [5.41, 5.74) is 0. The predicted octanol–water partition coefficient (Wildman–Crippen LogP) is 2.63. The van der Waals surface area contributed by atoms with Crippen LogP contribution in [0, 0.1) is 5.82 Å². The first-order valence-corrected chi connectivity index (χ1v) is 9.23. The lowest BCUT2D eigenvalue weighted by molar-refractivity contribution is 0.213. The van der Waals surface area contributed by atoms with Crippen LogP contribution in [0.2, 0.25) is 0 Å². The highest BCUT2D eigenvalue weighted by Crippen LogP contribution is 2.16. The molecule has 0 spiro atoms. The van der Waals surface area contributed by atoms with Crippen molar-refractivity contribution in [1.82, 2.24) is 15.5 Å². The van der Waals surface area contributed by atoms with Gasteiger partial charge in [-0.1, -0.05) is 19.1 Å². The Morgan fingerprint density at radius 3 is 2.56 bits per heavy atom. The third kappa shape index (κ3) is 6.20. The molecule has 0 radical (unpaired) electrons. The summed E-state index contributed by atoms with van der Waals surface area (Å²) in [6, 6.07) is 7.00. The maximum Gasteiger partial charge on any atom is 0.191 e. The fourth-order valence-electron chi connectivity index (χ4n) is 3.11.